The topological polar surface area (TPSA) is 167 Å². The molecule has 4 N–H and O–H groups in total. The molecule has 1 atom stereocenters. The van der Waals surface area contributed by atoms with E-state index in [1.165, 1.54) is 55.2 Å². The summed E-state index contributed by atoms with van der Waals surface area (Å²) in [5.74, 6) is -1.93. The third kappa shape index (κ3) is 6.10. The predicted molar refractivity (Wildman–Crippen MR) is 161 cm³/mol. The molecule has 3 aromatic carbocycles. The molecule has 230 valence electrons. The van der Waals surface area contributed by atoms with E-state index in [9.17, 15) is 28.0 Å². The summed E-state index contributed by atoms with van der Waals surface area (Å²) in [7, 11) is -3.33. The zero-order chi connectivity index (χ0) is 31.4. The number of H-pyrrole nitrogens is 1. The van der Waals surface area contributed by atoms with E-state index in [-0.39, 0.29) is 22.1 Å². The van der Waals surface area contributed by atoms with E-state index in [1.807, 2.05) is 0 Å². The summed E-state index contributed by atoms with van der Waals surface area (Å²) in [4.78, 5) is 42.9. The molecule has 0 bridgehead atoms. The number of carbonyl (C=O) groups is 3. The van der Waals surface area contributed by atoms with Gasteiger partial charge in [0.05, 0.1) is 12.0 Å². The van der Waals surface area contributed by atoms with Crippen molar-refractivity contribution in [2.45, 2.75) is 49.6 Å². The number of sulfonamides is 1. The lowest BCUT2D eigenvalue weighted by atomic mass is 10.0. The van der Waals surface area contributed by atoms with Crippen molar-refractivity contribution in [3.05, 3.63) is 89.6 Å². The fourth-order valence-electron chi connectivity index (χ4n) is 5.39. The number of carbonyl (C=O) groups excluding carboxylic acids is 3. The molecular weight excluding hydrogens is 588 g/mol. The van der Waals surface area contributed by atoms with Crippen LogP contribution in [-0.4, -0.2) is 54.0 Å². The first-order chi connectivity index (χ1) is 21.1. The molecule has 0 aliphatic heterocycles. The highest BCUT2D eigenvalue weighted by atomic mass is 32.2. The number of aromatic amines is 1. The van der Waals surface area contributed by atoms with Crippen molar-refractivity contribution < 1.29 is 37.5 Å². The van der Waals surface area contributed by atoms with E-state index in [4.69, 9.17) is 9.47 Å². The Morgan fingerprint density at radius 1 is 1.02 bits per heavy atom. The number of hydrogen-bond acceptors (Lipinski definition) is 8. The minimum atomic E-state index is -4.72. The van der Waals surface area contributed by atoms with Gasteiger partial charge in [0.25, 0.3) is 21.8 Å². The van der Waals surface area contributed by atoms with Crippen molar-refractivity contribution >= 4 is 44.5 Å². The molecule has 1 unspecified atom stereocenters. The quantitative estimate of drug-likeness (QED) is 0.149. The van der Waals surface area contributed by atoms with Gasteiger partial charge in [0.15, 0.2) is 6.04 Å². The van der Waals surface area contributed by atoms with Gasteiger partial charge in [0, 0.05) is 33.9 Å². The van der Waals surface area contributed by atoms with Crippen LogP contribution in [0.1, 0.15) is 53.2 Å². The van der Waals surface area contributed by atoms with Gasteiger partial charge in [-0.3, -0.25) is 20.1 Å². The molecule has 44 heavy (non-hydrogen) atoms. The zero-order valence-electron chi connectivity index (χ0n) is 24.1. The van der Waals surface area contributed by atoms with E-state index >= 15 is 0 Å². The lowest BCUT2D eigenvalue weighted by Crippen LogP contribution is -2.46. The van der Waals surface area contributed by atoms with Gasteiger partial charge in [-0.1, -0.05) is 24.3 Å². The van der Waals surface area contributed by atoms with Gasteiger partial charge in [-0.05, 0) is 80.6 Å². The van der Waals surface area contributed by atoms with Crippen LogP contribution in [0.3, 0.4) is 0 Å². The monoisotopic (exact) mass is 620 g/mol. The number of amides is 3. The molecule has 0 saturated heterocycles. The largest absolute Gasteiger partial charge is 0.497 e. The molecule has 0 radical (unpaired) electrons. The zero-order valence-corrected chi connectivity index (χ0v) is 24.9. The van der Waals surface area contributed by atoms with Crippen molar-refractivity contribution in [3.63, 3.8) is 0 Å². The summed E-state index contributed by atoms with van der Waals surface area (Å²) in [5, 5.41) is 12.8. The Morgan fingerprint density at radius 2 is 1.77 bits per heavy atom. The first kappa shape index (κ1) is 30.6. The molecule has 3 amide bonds. The number of aryl methyl sites for hydroxylation is 1. The first-order valence-electron chi connectivity index (χ1n) is 13.9. The van der Waals surface area contributed by atoms with Gasteiger partial charge >= 0.3 is 6.09 Å². The van der Waals surface area contributed by atoms with Crippen LogP contribution < -0.4 is 15.5 Å². The molecule has 12 nitrogen and oxygen atoms in total. The Hall–Kier alpha value is -4.88. The Labute approximate surface area is 254 Å². The van der Waals surface area contributed by atoms with Gasteiger partial charge in [-0.15, -0.1) is 0 Å². The van der Waals surface area contributed by atoms with Crippen LogP contribution in [0.4, 0.5) is 10.5 Å². The van der Waals surface area contributed by atoms with Crippen LogP contribution in [-0.2, 0) is 19.6 Å². The number of nitrogens with one attached hydrogen (secondary N) is 3. The molecular formula is C31H32N4O8S. The number of fused-ring (bicyclic) bond motifs is 1. The van der Waals surface area contributed by atoms with E-state index in [0.29, 0.717) is 32.2 Å². The highest BCUT2D eigenvalue weighted by Crippen LogP contribution is 2.36. The van der Waals surface area contributed by atoms with Crippen LogP contribution in [0.5, 0.6) is 5.75 Å². The molecule has 4 aromatic rings. The van der Waals surface area contributed by atoms with Gasteiger partial charge in [-0.2, -0.15) is 0 Å². The summed E-state index contributed by atoms with van der Waals surface area (Å²) in [5.41, 5.74) is 2.64. The smallest absolute Gasteiger partial charge is 0.411 e. The van der Waals surface area contributed by atoms with Crippen molar-refractivity contribution in [1.29, 1.82) is 0 Å². The highest BCUT2D eigenvalue weighted by Gasteiger charge is 2.43. The lowest BCUT2D eigenvalue weighted by molar-refractivity contribution is -0.132. The number of anilines is 1. The summed E-state index contributed by atoms with van der Waals surface area (Å²) >= 11 is 0. The van der Waals surface area contributed by atoms with Crippen molar-refractivity contribution in [2.75, 3.05) is 12.4 Å². The highest BCUT2D eigenvalue weighted by molar-refractivity contribution is 7.89. The second-order valence-corrected chi connectivity index (χ2v) is 12.2. The average molecular weight is 621 g/mol. The van der Waals surface area contributed by atoms with Gasteiger partial charge < -0.3 is 14.5 Å². The van der Waals surface area contributed by atoms with Gasteiger partial charge in [0.1, 0.15) is 11.9 Å². The summed E-state index contributed by atoms with van der Waals surface area (Å²) in [6.45, 7) is 1.57. The number of aromatic nitrogens is 1. The fourth-order valence-corrected chi connectivity index (χ4v) is 7.13. The SMILES string of the molecule is COc1cccc(C(=O)N(C(C(=O)NO)c2c[nH]c3ccc(NC(=O)OC4CCCC4)cc23)S(=O)(=O)c2ccccc2C)c1. The number of rotatable bonds is 9. The van der Waals surface area contributed by atoms with E-state index < -0.39 is 34.0 Å². The number of methoxy groups -OCH3 is 1. The van der Waals surface area contributed by atoms with Crippen LogP contribution in [0.25, 0.3) is 10.9 Å². The number of hydroxylamine groups is 1. The Morgan fingerprint density at radius 3 is 2.48 bits per heavy atom. The van der Waals surface area contributed by atoms with Crippen LogP contribution in [0, 0.1) is 6.92 Å². The Bertz CT molecular complexity index is 1810. The number of ether oxygens (including phenoxy) is 2. The van der Waals surface area contributed by atoms with Gasteiger partial charge in [0.2, 0.25) is 0 Å². The van der Waals surface area contributed by atoms with Crippen molar-refractivity contribution in [3.8, 4) is 5.75 Å². The minimum Gasteiger partial charge on any atom is -0.497 e. The molecule has 13 heteroatoms. The van der Waals surface area contributed by atoms with E-state index in [1.54, 1.807) is 37.3 Å². The number of hydrogen-bond donors (Lipinski definition) is 4. The lowest BCUT2D eigenvalue weighted by Gasteiger charge is -2.30. The Kier molecular flexibility index (Phi) is 8.88. The normalized spacial score (nSPS) is 14.2. The van der Waals surface area contributed by atoms with Crippen LogP contribution in [0.2, 0.25) is 0 Å². The average Bonchev–Trinajstić information content (AvgIpc) is 3.69. The van der Waals surface area contributed by atoms with Gasteiger partial charge in [-0.25, -0.2) is 23.0 Å². The van der Waals surface area contributed by atoms with E-state index in [0.717, 1.165) is 25.7 Å². The molecule has 1 aromatic heterocycles. The number of nitrogens with zero attached hydrogens (tertiary/aromatic N) is 1. The fraction of sp³-hybridized carbons (Fsp3) is 0.258. The molecule has 1 fully saturated rings. The summed E-state index contributed by atoms with van der Waals surface area (Å²) in [6, 6.07) is 14.8. The van der Waals surface area contributed by atoms with Crippen molar-refractivity contribution in [1.82, 2.24) is 14.8 Å². The molecule has 0 spiro atoms. The maximum absolute atomic E-state index is 14.3. The molecule has 1 heterocycles. The van der Waals surface area contributed by atoms with Crippen LogP contribution >= 0.6 is 0 Å². The first-order valence-corrected chi connectivity index (χ1v) is 15.4. The summed E-state index contributed by atoms with van der Waals surface area (Å²) < 4.78 is 39.8. The Balaban J connectivity index is 1.64. The second-order valence-electron chi connectivity index (χ2n) is 10.4. The second kappa shape index (κ2) is 12.8. The minimum absolute atomic E-state index is 0.0489. The molecule has 1 aliphatic carbocycles. The molecule has 5 rings (SSSR count). The third-order valence-electron chi connectivity index (χ3n) is 7.57. The summed E-state index contributed by atoms with van der Waals surface area (Å²) in [6.07, 6.45) is 4.13. The predicted octanol–water partition coefficient (Wildman–Crippen LogP) is 5.05. The third-order valence-corrected chi connectivity index (χ3v) is 9.48. The standard InChI is InChI=1S/C31H32N4O8S/c1-19-8-3-6-13-27(19)44(40,41)35(30(37)20-9-7-12-23(16-20)42-2)28(29(36)34-39)25-18-32-26-15-14-21(17-24(25)26)33-31(38)43-22-10-4-5-11-22/h3,6-9,12-18,22,28,32,39H,4-5,10-11H2,1-2H3,(H,33,38)(H,34,36). The van der Waals surface area contributed by atoms with Crippen molar-refractivity contribution in [2.24, 2.45) is 0 Å². The van der Waals surface area contributed by atoms with Crippen LogP contribution in [0.15, 0.2) is 77.8 Å². The number of benzene rings is 3. The molecule has 1 saturated carbocycles. The molecule has 1 aliphatic rings. The van der Waals surface area contributed by atoms with E-state index in [2.05, 4.69) is 10.3 Å². The maximum Gasteiger partial charge on any atom is 0.411 e. The maximum atomic E-state index is 14.3.